The highest BCUT2D eigenvalue weighted by atomic mass is 16.6. The maximum atomic E-state index is 7.53. The van der Waals surface area contributed by atoms with Crippen LogP contribution >= 0.6 is 0 Å². The van der Waals surface area contributed by atoms with E-state index in [1.807, 2.05) is 6.08 Å². The normalized spacial score (nSPS) is 13.5. The Bertz CT molecular complexity index is 3110. The summed E-state index contributed by atoms with van der Waals surface area (Å²) in [6.45, 7) is 14.7. The number of aryl methyl sites for hydroxylation is 1. The lowest BCUT2D eigenvalue weighted by atomic mass is 9.70. The van der Waals surface area contributed by atoms with Gasteiger partial charge in [0.25, 0.3) is 0 Å². The molecule has 0 amide bonds. The fraction of sp³-hybridized carbons (Fsp3) is 0.0690. The highest BCUT2D eigenvalue weighted by Crippen LogP contribution is 2.67. The molecule has 0 atom stereocenters. The molecule has 3 nitrogen and oxygen atoms in total. The number of allylic oxidation sites excluding steroid dienone is 4. The molecular weight excluding hydrogens is 743 g/mol. The number of ether oxygens (including phenoxy) is 2. The maximum Gasteiger partial charge on any atom is 0.194 e. The second-order valence-electron chi connectivity index (χ2n) is 16.1. The molecule has 0 radical (unpaired) electrons. The molecule has 0 saturated heterocycles. The van der Waals surface area contributed by atoms with Crippen LogP contribution in [0.5, 0.6) is 23.0 Å². The van der Waals surface area contributed by atoms with Gasteiger partial charge in [-0.2, -0.15) is 0 Å². The second-order valence-corrected chi connectivity index (χ2v) is 16.1. The molecule has 0 aromatic heterocycles. The monoisotopic (exact) mass is 785 g/mol. The zero-order valence-corrected chi connectivity index (χ0v) is 34.5. The Morgan fingerprint density at radius 2 is 1.11 bits per heavy atom. The number of anilines is 3. The van der Waals surface area contributed by atoms with E-state index >= 15 is 0 Å². The fourth-order valence-electron chi connectivity index (χ4n) is 10.1. The number of hydrogen-bond donors (Lipinski definition) is 0. The van der Waals surface area contributed by atoms with Crippen molar-refractivity contribution in [2.24, 2.45) is 0 Å². The first-order valence-corrected chi connectivity index (χ1v) is 20.9. The van der Waals surface area contributed by atoms with Gasteiger partial charge < -0.3 is 14.4 Å². The molecule has 61 heavy (non-hydrogen) atoms. The average molecular weight is 786 g/mol. The highest BCUT2D eigenvalue weighted by Gasteiger charge is 2.53. The molecule has 3 aliphatic rings. The predicted octanol–water partition coefficient (Wildman–Crippen LogP) is 16.0. The van der Waals surface area contributed by atoms with Crippen molar-refractivity contribution in [3.05, 3.63) is 234 Å². The van der Waals surface area contributed by atoms with Crippen LogP contribution in [0, 0.1) is 6.92 Å². The molecule has 292 valence electrons. The van der Waals surface area contributed by atoms with Gasteiger partial charge in [0.1, 0.15) is 5.69 Å². The van der Waals surface area contributed by atoms with E-state index in [9.17, 15) is 0 Å². The van der Waals surface area contributed by atoms with Gasteiger partial charge in [0, 0.05) is 22.5 Å². The number of hydrogen-bond acceptors (Lipinski definition) is 3. The Labute approximate surface area is 357 Å². The largest absolute Gasteiger partial charge is 0.449 e. The molecule has 1 heterocycles. The topological polar surface area (TPSA) is 21.7 Å². The standard InChI is InChI=1S/C58H43NO2/c1-6-36(3)43-30-29-42(35-38(43)5)59(41-27-25-40(26-28-41)39-17-9-8-10-18-39)55-44(37(4)7-2)31-33-53-57(55)61-56-52(60-53)34-32-51-54(56)47-21-13-16-24-50(47)58(51)48-22-14-11-19-45(48)46-20-12-15-23-49(46)58/h6-35H,1,3H2,2,4-5H3/b37-7+. The lowest BCUT2D eigenvalue weighted by Gasteiger charge is -2.34. The van der Waals surface area contributed by atoms with Crippen molar-refractivity contribution in [3.8, 4) is 56.4 Å². The van der Waals surface area contributed by atoms with Gasteiger partial charge in [-0.25, -0.2) is 0 Å². The minimum Gasteiger partial charge on any atom is -0.449 e. The van der Waals surface area contributed by atoms with Crippen molar-refractivity contribution in [3.63, 3.8) is 0 Å². The van der Waals surface area contributed by atoms with Crippen LogP contribution in [0.1, 0.15) is 52.8 Å². The molecule has 11 rings (SSSR count). The summed E-state index contributed by atoms with van der Waals surface area (Å²) >= 11 is 0. The maximum absolute atomic E-state index is 7.53. The Hall–Kier alpha value is -7.62. The van der Waals surface area contributed by atoms with Crippen molar-refractivity contribution in [2.45, 2.75) is 26.2 Å². The van der Waals surface area contributed by atoms with Gasteiger partial charge in [0.05, 0.1) is 5.41 Å². The van der Waals surface area contributed by atoms with Crippen LogP contribution in [0.15, 0.2) is 195 Å². The van der Waals surface area contributed by atoms with Gasteiger partial charge in [-0.05, 0) is 136 Å². The third-order valence-electron chi connectivity index (χ3n) is 13.0. The number of rotatable bonds is 7. The van der Waals surface area contributed by atoms with Crippen LogP contribution < -0.4 is 14.4 Å². The minimum atomic E-state index is -0.509. The summed E-state index contributed by atoms with van der Waals surface area (Å²) in [6.07, 6.45) is 3.98. The lowest BCUT2D eigenvalue weighted by molar-refractivity contribution is 0.361. The molecule has 1 spiro atoms. The third-order valence-corrected chi connectivity index (χ3v) is 13.0. The van der Waals surface area contributed by atoms with Crippen molar-refractivity contribution < 1.29 is 9.47 Å². The zero-order valence-electron chi connectivity index (χ0n) is 34.5. The van der Waals surface area contributed by atoms with E-state index in [4.69, 9.17) is 9.47 Å². The first-order valence-electron chi connectivity index (χ1n) is 20.9. The van der Waals surface area contributed by atoms with E-state index < -0.39 is 5.41 Å². The van der Waals surface area contributed by atoms with Gasteiger partial charge in [-0.1, -0.05) is 153 Å². The van der Waals surface area contributed by atoms with Gasteiger partial charge >= 0.3 is 0 Å². The SMILES string of the molecule is C=CC(=C)c1ccc(N(c2ccc(-c3ccccc3)cc2)c2c(/C(C)=C/C)ccc3c2Oc2c(ccc4c2-c2ccccc2C42c4ccccc4-c4ccccc42)O3)cc1C. The minimum absolute atomic E-state index is 0.509. The molecule has 0 bridgehead atoms. The van der Waals surface area contributed by atoms with Gasteiger partial charge in [-0.15, -0.1) is 0 Å². The number of benzene rings is 8. The fourth-order valence-corrected chi connectivity index (χ4v) is 10.1. The van der Waals surface area contributed by atoms with Crippen LogP contribution in [0.4, 0.5) is 17.1 Å². The molecule has 0 fully saturated rings. The van der Waals surface area contributed by atoms with Gasteiger partial charge in [0.2, 0.25) is 0 Å². The van der Waals surface area contributed by atoms with Crippen LogP contribution in [0.3, 0.4) is 0 Å². The summed E-state index contributed by atoms with van der Waals surface area (Å²) in [5.74, 6) is 2.74. The summed E-state index contributed by atoms with van der Waals surface area (Å²) in [5, 5.41) is 0. The predicted molar refractivity (Wildman–Crippen MR) is 253 cm³/mol. The molecule has 0 unspecified atom stereocenters. The smallest absolute Gasteiger partial charge is 0.194 e. The van der Waals surface area contributed by atoms with E-state index in [1.165, 1.54) is 38.9 Å². The Kier molecular flexibility index (Phi) is 8.37. The third kappa shape index (κ3) is 5.30. The van der Waals surface area contributed by atoms with Crippen LogP contribution in [-0.2, 0) is 5.41 Å². The quantitative estimate of drug-likeness (QED) is 0.150. The Morgan fingerprint density at radius 1 is 0.557 bits per heavy atom. The van der Waals surface area contributed by atoms with Gasteiger partial charge in [0.15, 0.2) is 23.0 Å². The van der Waals surface area contributed by atoms with Crippen molar-refractivity contribution in [1.82, 2.24) is 0 Å². The van der Waals surface area contributed by atoms with Crippen LogP contribution in [0.2, 0.25) is 0 Å². The summed E-state index contributed by atoms with van der Waals surface area (Å²) in [6, 6.07) is 61.0. The molecule has 0 N–H and O–H groups in total. The molecule has 0 saturated carbocycles. The van der Waals surface area contributed by atoms with Crippen molar-refractivity contribution in [2.75, 3.05) is 4.90 Å². The molecule has 1 aliphatic heterocycles. The lowest BCUT2D eigenvalue weighted by Crippen LogP contribution is -2.25. The van der Waals surface area contributed by atoms with E-state index in [0.717, 1.165) is 67.3 Å². The summed E-state index contributed by atoms with van der Waals surface area (Å²) in [5.41, 5.74) is 19.6. The Balaban J connectivity index is 1.15. The highest BCUT2D eigenvalue weighted by molar-refractivity contribution is 5.99. The van der Waals surface area contributed by atoms with E-state index in [0.29, 0.717) is 17.2 Å². The van der Waals surface area contributed by atoms with E-state index in [1.54, 1.807) is 0 Å². The first-order chi connectivity index (χ1) is 29.9. The average Bonchev–Trinajstić information content (AvgIpc) is 3.79. The number of nitrogens with zero attached hydrogens (tertiary/aromatic N) is 1. The molecule has 8 aromatic carbocycles. The number of fused-ring (bicyclic) bond motifs is 13. The van der Waals surface area contributed by atoms with Crippen LogP contribution in [0.25, 0.3) is 44.5 Å². The summed E-state index contributed by atoms with van der Waals surface area (Å²) in [7, 11) is 0. The van der Waals surface area contributed by atoms with E-state index in [2.05, 4.69) is 215 Å². The zero-order chi connectivity index (χ0) is 41.4. The van der Waals surface area contributed by atoms with Crippen molar-refractivity contribution >= 4 is 28.2 Å². The first kappa shape index (κ1) is 36.5. The summed E-state index contributed by atoms with van der Waals surface area (Å²) in [4.78, 5) is 2.32. The molecule has 2 aliphatic carbocycles. The molecule has 3 heteroatoms. The molecule has 8 aromatic rings. The molecular formula is C58H43NO2. The summed E-state index contributed by atoms with van der Waals surface area (Å²) < 4.78 is 14.5. The van der Waals surface area contributed by atoms with E-state index in [-0.39, 0.29) is 0 Å². The van der Waals surface area contributed by atoms with Crippen molar-refractivity contribution in [1.29, 1.82) is 0 Å². The Morgan fingerprint density at radius 3 is 1.77 bits per heavy atom. The second kappa shape index (κ2) is 14.0. The van der Waals surface area contributed by atoms with Gasteiger partial charge in [-0.3, -0.25) is 0 Å². The van der Waals surface area contributed by atoms with Crippen LogP contribution in [-0.4, -0.2) is 0 Å².